The maximum atomic E-state index is 15.0. The standard InChI is InChI=1S/C72H123N21O21/c1-10-40(8)58(93-63(105)45(19-12-15-25-74)85-67(109)51(31-42-34-77-36-80-42)88-60(102)43(18-11-14-24-73)82-62(104)47(81-41(9)95)22-23-56(97)98)70(112)91-50(30-39(6)7)64(106)84-44-20-13-16-26-78-55(96)32-52(68(110)90-53(33-57(99)100)69(111)92-54(35-94)71(113)114)89-66(108)49(29-38(4)5)87-65(107)48(28-37(2)3)86-61(103)46(83-59(44)101)21-17-27-79-72(75)76/h34,36-40,43-54,58,94H,10-33,35,73-74H2,1-9H3,(H,77,80)(H,78,96)(H,81,95)(H,82,104)(H,83,101)(H,84,106)(H,85,109)(H,86,103)(H,87,107)(H,88,102)(H,89,108)(H,90,110)(H,91,112)(H,92,111)(H,93,105)(H,97,98)(H,99,100)(H,113,114)(H4,75,76,79)/t40-,43-,44-,45-,46-,47-,48-,49-,50-,51-,52-,53-,54-,58-/m0/s1. The lowest BCUT2D eigenvalue weighted by Gasteiger charge is -2.30. The zero-order valence-electron chi connectivity index (χ0n) is 66.6. The number of amides is 14. The number of aliphatic hydroxyl groups excluding tert-OH is 1. The minimum Gasteiger partial charge on any atom is -0.481 e. The number of aromatic nitrogens is 2. The highest BCUT2D eigenvalue weighted by atomic mass is 16.4. The number of nitrogens with one attached hydrogen (secondary N) is 15. The molecule has 42 nitrogen and oxygen atoms in total. The van der Waals surface area contributed by atoms with Crippen molar-refractivity contribution in [1.29, 1.82) is 0 Å². The van der Waals surface area contributed by atoms with Crippen LogP contribution in [0.25, 0.3) is 0 Å². The molecule has 0 radical (unpaired) electrons. The van der Waals surface area contributed by atoms with Gasteiger partial charge in [-0.25, -0.2) is 9.78 Å². The Balaban J connectivity index is 2.77. The molecule has 2 rings (SSSR count). The van der Waals surface area contributed by atoms with Gasteiger partial charge in [-0.2, -0.15) is 0 Å². The number of nitrogens with zero attached hydrogens (tertiary/aromatic N) is 2. The molecule has 1 aliphatic heterocycles. The van der Waals surface area contributed by atoms with Crippen molar-refractivity contribution in [2.24, 2.45) is 51.6 Å². The summed E-state index contributed by atoms with van der Waals surface area (Å²) in [6.07, 6.45) is 0.517. The first kappa shape index (κ1) is 99.4. The molecule has 0 aromatic carbocycles. The second-order valence-corrected chi connectivity index (χ2v) is 29.6. The molecular formula is C72H123N21O21. The zero-order valence-corrected chi connectivity index (χ0v) is 66.6. The Kier molecular flexibility index (Phi) is 45.9. The van der Waals surface area contributed by atoms with Crippen LogP contribution < -0.4 is 97.4 Å². The van der Waals surface area contributed by atoms with Crippen molar-refractivity contribution in [2.45, 2.75) is 269 Å². The van der Waals surface area contributed by atoms with Gasteiger partial charge < -0.3 is 123 Å². The Morgan fingerprint density at radius 3 is 1.59 bits per heavy atom. The van der Waals surface area contributed by atoms with Crippen LogP contribution in [0.4, 0.5) is 0 Å². The van der Waals surface area contributed by atoms with E-state index in [2.05, 4.69) is 84.1 Å². The Morgan fingerprint density at radius 2 is 1.09 bits per heavy atom. The molecule has 0 spiro atoms. The van der Waals surface area contributed by atoms with Crippen LogP contribution in [0, 0.1) is 23.7 Å². The number of H-pyrrole nitrogens is 1. The molecule has 0 bridgehead atoms. The lowest BCUT2D eigenvalue weighted by atomic mass is 9.95. The van der Waals surface area contributed by atoms with Gasteiger partial charge in [0.2, 0.25) is 82.7 Å². The van der Waals surface area contributed by atoms with E-state index in [9.17, 15) is 102 Å². The molecule has 114 heavy (non-hydrogen) atoms. The first-order valence-corrected chi connectivity index (χ1v) is 38.6. The van der Waals surface area contributed by atoms with Crippen LogP contribution in [0.3, 0.4) is 0 Å². The van der Waals surface area contributed by atoms with Crippen LogP contribution in [0.15, 0.2) is 17.5 Å². The van der Waals surface area contributed by atoms with Crippen LogP contribution in [-0.4, -0.2) is 248 Å². The van der Waals surface area contributed by atoms with E-state index < -0.39 is 211 Å². The van der Waals surface area contributed by atoms with Crippen molar-refractivity contribution >= 4 is 107 Å². The van der Waals surface area contributed by atoms with Crippen molar-refractivity contribution in [3.8, 4) is 0 Å². The van der Waals surface area contributed by atoms with Crippen molar-refractivity contribution in [3.63, 3.8) is 0 Å². The Labute approximate surface area is 662 Å². The Morgan fingerprint density at radius 1 is 0.570 bits per heavy atom. The fourth-order valence-corrected chi connectivity index (χ4v) is 12.0. The molecule has 1 aliphatic rings. The summed E-state index contributed by atoms with van der Waals surface area (Å²) >= 11 is 0. The van der Waals surface area contributed by atoms with Crippen molar-refractivity contribution < 1.29 is 102 Å². The summed E-state index contributed by atoms with van der Waals surface area (Å²) in [4.78, 5) is 245. The highest BCUT2D eigenvalue weighted by Gasteiger charge is 2.40. The number of aliphatic hydroxyl groups is 1. The summed E-state index contributed by atoms with van der Waals surface area (Å²) in [7, 11) is 0. The van der Waals surface area contributed by atoms with Gasteiger partial charge in [0, 0.05) is 44.7 Å². The average Bonchev–Trinajstić information content (AvgIpc) is 1.24. The monoisotopic (exact) mass is 1620 g/mol. The number of imidazole rings is 1. The van der Waals surface area contributed by atoms with E-state index in [1.54, 1.807) is 55.4 Å². The third-order valence-corrected chi connectivity index (χ3v) is 18.2. The number of carboxylic acids is 3. The van der Waals surface area contributed by atoms with Gasteiger partial charge in [0.15, 0.2) is 5.96 Å². The first-order valence-electron chi connectivity index (χ1n) is 38.6. The number of hydrogen-bond donors (Lipinski definition) is 23. The van der Waals surface area contributed by atoms with Gasteiger partial charge >= 0.3 is 17.9 Å². The van der Waals surface area contributed by atoms with Crippen LogP contribution in [0.5, 0.6) is 0 Å². The largest absolute Gasteiger partial charge is 0.481 e. The SMILES string of the molecule is CC[C@H](C)[C@H](NC(=O)[C@H](CCCCN)NC(=O)[C@H](Cc1cnc[nH]1)NC(=O)[C@H](CCCCN)NC(=O)[C@H](CCC(=O)O)NC(C)=O)C(=O)N[C@@H](CC(C)C)C(=O)N[C@H]1CCCCNC(=O)C[C@@H](C(=O)N[C@@H](CC(=O)O)C(=O)N[C@@H](CO)C(=O)O)NC(=O)[C@H](CC(C)C)NC(=O)[C@H](CC(C)C)NC(=O)[C@H](CCCN=C(N)N)NC1=O. The van der Waals surface area contributed by atoms with Crippen molar-refractivity contribution in [1.82, 2.24) is 84.4 Å². The predicted molar refractivity (Wildman–Crippen MR) is 412 cm³/mol. The lowest BCUT2D eigenvalue weighted by Crippen LogP contribution is -2.62. The number of aliphatic imine (C=N–C) groups is 1. The summed E-state index contributed by atoms with van der Waals surface area (Å²) in [5.41, 5.74) is 23.2. The fourth-order valence-electron chi connectivity index (χ4n) is 12.0. The van der Waals surface area contributed by atoms with Gasteiger partial charge in [-0.05, 0) is 133 Å². The average molecular weight is 1620 g/mol. The summed E-state index contributed by atoms with van der Waals surface area (Å²) in [6.45, 7) is 13.8. The Bertz CT molecular complexity index is 3390. The molecule has 1 fully saturated rings. The third-order valence-electron chi connectivity index (χ3n) is 18.2. The second-order valence-electron chi connectivity index (χ2n) is 29.6. The van der Waals surface area contributed by atoms with Crippen molar-refractivity contribution in [3.05, 3.63) is 18.2 Å². The maximum absolute atomic E-state index is 15.0. The molecule has 0 aliphatic carbocycles. The molecule has 27 N–H and O–H groups in total. The highest BCUT2D eigenvalue weighted by molar-refractivity contribution is 6.01. The van der Waals surface area contributed by atoms with Crippen LogP contribution in [-0.2, 0) is 87.9 Å². The molecule has 642 valence electrons. The van der Waals surface area contributed by atoms with Gasteiger partial charge in [-0.3, -0.25) is 81.7 Å². The van der Waals surface area contributed by atoms with Gasteiger partial charge in [0.1, 0.15) is 78.5 Å². The number of aromatic amines is 1. The topological polar surface area (TPSA) is 685 Å². The molecule has 42 heteroatoms. The van der Waals surface area contributed by atoms with E-state index >= 15 is 0 Å². The summed E-state index contributed by atoms with van der Waals surface area (Å²) in [6, 6.07) is -20.4. The normalized spacial score (nSPS) is 19.0. The van der Waals surface area contributed by atoms with E-state index in [0.717, 1.165) is 6.92 Å². The lowest BCUT2D eigenvalue weighted by molar-refractivity contribution is -0.144. The van der Waals surface area contributed by atoms with Crippen molar-refractivity contribution in [2.75, 3.05) is 32.8 Å². The molecule has 1 aromatic rings. The highest BCUT2D eigenvalue weighted by Crippen LogP contribution is 2.17. The van der Waals surface area contributed by atoms with E-state index in [4.69, 9.17) is 22.9 Å². The number of nitrogens with two attached hydrogens (primary N) is 4. The molecule has 0 saturated carbocycles. The number of rotatable bonds is 46. The molecule has 14 amide bonds. The third kappa shape index (κ3) is 38.7. The fraction of sp³-hybridized carbons (Fsp3) is 0.708. The van der Waals surface area contributed by atoms with Gasteiger partial charge in [0.25, 0.3) is 0 Å². The van der Waals surface area contributed by atoms with Gasteiger partial charge in [-0.1, -0.05) is 61.8 Å². The van der Waals surface area contributed by atoms with E-state index in [1.807, 2.05) is 5.32 Å². The number of carbonyl (C=O) groups is 17. The number of carboxylic acid groups (broad SMARTS) is 3. The molecule has 0 unspecified atom stereocenters. The minimum atomic E-state index is -2.04. The Hall–Kier alpha value is -10.6. The quantitative estimate of drug-likeness (QED) is 0.0165. The smallest absolute Gasteiger partial charge is 0.328 e. The number of carbonyl (C=O) groups excluding carboxylic acids is 14. The zero-order chi connectivity index (χ0) is 85.9. The molecular weight excluding hydrogens is 1490 g/mol. The van der Waals surface area contributed by atoms with Crippen LogP contribution >= 0.6 is 0 Å². The van der Waals surface area contributed by atoms with Gasteiger partial charge in [0.05, 0.1) is 25.8 Å². The predicted octanol–water partition coefficient (Wildman–Crippen LogP) is -5.12. The molecule has 14 atom stereocenters. The maximum Gasteiger partial charge on any atom is 0.328 e. The van der Waals surface area contributed by atoms with Crippen LogP contribution in [0.2, 0.25) is 0 Å². The van der Waals surface area contributed by atoms with E-state index in [0.29, 0.717) is 25.0 Å². The van der Waals surface area contributed by atoms with Gasteiger partial charge in [-0.15, -0.1) is 0 Å². The van der Waals surface area contributed by atoms with E-state index in [1.165, 1.54) is 12.5 Å². The number of aliphatic carboxylic acids is 3. The molecule has 2 heterocycles. The minimum absolute atomic E-state index is 0.000946. The summed E-state index contributed by atoms with van der Waals surface area (Å²) in [5.74, 6) is -20.0. The number of guanidine groups is 1. The van der Waals surface area contributed by atoms with Crippen LogP contribution in [0.1, 0.15) is 190 Å². The molecule has 1 saturated heterocycles. The number of unbranched alkanes of at least 4 members (excludes halogenated alkanes) is 2. The molecule has 1 aromatic heterocycles. The number of hydrogen-bond acceptors (Lipinski definition) is 22. The van der Waals surface area contributed by atoms with E-state index in [-0.39, 0.29) is 140 Å². The second kappa shape index (κ2) is 52.6. The first-order chi connectivity index (χ1) is 53.7. The summed E-state index contributed by atoms with van der Waals surface area (Å²) < 4.78 is 0. The summed E-state index contributed by atoms with van der Waals surface area (Å²) in [5, 5.41) is 73.8.